The summed E-state index contributed by atoms with van der Waals surface area (Å²) in [6.07, 6.45) is 0.766. The highest BCUT2D eigenvalue weighted by Gasteiger charge is 2.17. The van der Waals surface area contributed by atoms with Crippen LogP contribution >= 0.6 is 11.3 Å². The molecule has 2 aromatic rings. The van der Waals surface area contributed by atoms with Crippen LogP contribution in [-0.2, 0) is 0 Å². The molecular weight excluding hydrogens is 260 g/mol. The van der Waals surface area contributed by atoms with Crippen LogP contribution in [0.4, 0.5) is 5.13 Å². The number of hydrogen-bond acceptors (Lipinski definition) is 5. The molecule has 3 N–H and O–H groups in total. The molecule has 0 aromatic carbocycles. The van der Waals surface area contributed by atoms with Gasteiger partial charge in [-0.1, -0.05) is 13.0 Å². The number of nitrogens with zero attached hydrogens (tertiary/aromatic N) is 2. The second-order valence-electron chi connectivity index (χ2n) is 4.21. The molecular formula is C13H16N4OS. The number of pyridine rings is 1. The first-order valence-corrected chi connectivity index (χ1v) is 6.93. The number of aromatic nitrogens is 2. The van der Waals surface area contributed by atoms with E-state index < -0.39 is 0 Å². The van der Waals surface area contributed by atoms with E-state index in [-0.39, 0.29) is 11.9 Å². The van der Waals surface area contributed by atoms with Gasteiger partial charge in [0.15, 0.2) is 5.13 Å². The quantitative estimate of drug-likeness (QED) is 0.898. The van der Waals surface area contributed by atoms with Gasteiger partial charge in [-0.2, -0.15) is 0 Å². The molecule has 0 radical (unpaired) electrons. The highest BCUT2D eigenvalue weighted by molar-refractivity contribution is 7.13. The fourth-order valence-corrected chi connectivity index (χ4v) is 2.31. The zero-order chi connectivity index (χ0) is 13.8. The van der Waals surface area contributed by atoms with Crippen LogP contribution in [0.25, 0.3) is 0 Å². The van der Waals surface area contributed by atoms with E-state index >= 15 is 0 Å². The summed E-state index contributed by atoms with van der Waals surface area (Å²) in [5, 5.41) is 4.98. The number of carbonyl (C=O) groups is 1. The van der Waals surface area contributed by atoms with Crippen LogP contribution in [0.5, 0.6) is 0 Å². The normalized spacial score (nSPS) is 12.1. The molecule has 0 fully saturated rings. The van der Waals surface area contributed by atoms with E-state index in [4.69, 9.17) is 5.73 Å². The molecule has 2 heterocycles. The van der Waals surface area contributed by atoms with Crippen molar-refractivity contribution in [3.63, 3.8) is 0 Å². The molecule has 5 nitrogen and oxygen atoms in total. The topological polar surface area (TPSA) is 80.9 Å². The molecule has 0 aliphatic heterocycles. The number of nitrogen functional groups attached to an aromatic ring is 1. The second-order valence-corrected chi connectivity index (χ2v) is 5.10. The number of anilines is 1. The van der Waals surface area contributed by atoms with Crippen molar-refractivity contribution >= 4 is 22.4 Å². The van der Waals surface area contributed by atoms with Gasteiger partial charge >= 0.3 is 0 Å². The van der Waals surface area contributed by atoms with Gasteiger partial charge in [0.05, 0.1) is 11.7 Å². The molecule has 0 aliphatic rings. The second kappa shape index (κ2) is 5.79. The van der Waals surface area contributed by atoms with Gasteiger partial charge in [0.25, 0.3) is 5.91 Å². The summed E-state index contributed by atoms with van der Waals surface area (Å²) in [5.41, 5.74) is 7.67. The Hall–Kier alpha value is -1.95. The Morgan fingerprint density at radius 1 is 1.47 bits per heavy atom. The molecule has 2 aromatic heterocycles. The van der Waals surface area contributed by atoms with Gasteiger partial charge in [0.1, 0.15) is 5.69 Å². The zero-order valence-electron chi connectivity index (χ0n) is 10.9. The standard InChI is InChI=1S/C13H16N4OS/c1-3-9(10-6-4-5-8(2)15-10)16-12(18)11-7-19-13(14)17-11/h4-7,9H,3H2,1-2H3,(H2,14,17)(H,16,18). The summed E-state index contributed by atoms with van der Waals surface area (Å²) in [6.45, 7) is 3.93. The SMILES string of the molecule is CCC(NC(=O)c1csc(N)n1)c1cccc(C)n1. The molecule has 6 heteroatoms. The van der Waals surface area contributed by atoms with E-state index in [0.717, 1.165) is 17.8 Å². The number of rotatable bonds is 4. The van der Waals surface area contributed by atoms with Crippen molar-refractivity contribution < 1.29 is 4.79 Å². The van der Waals surface area contributed by atoms with Gasteiger partial charge in [0.2, 0.25) is 0 Å². The Labute approximate surface area is 115 Å². The van der Waals surface area contributed by atoms with E-state index in [1.54, 1.807) is 5.38 Å². The van der Waals surface area contributed by atoms with E-state index in [9.17, 15) is 4.79 Å². The molecule has 19 heavy (non-hydrogen) atoms. The van der Waals surface area contributed by atoms with Gasteiger partial charge in [-0.05, 0) is 25.5 Å². The molecule has 1 unspecified atom stereocenters. The molecule has 2 rings (SSSR count). The largest absolute Gasteiger partial charge is 0.375 e. The van der Waals surface area contributed by atoms with E-state index in [1.165, 1.54) is 11.3 Å². The molecule has 0 bridgehead atoms. The molecule has 100 valence electrons. The molecule has 0 saturated heterocycles. The van der Waals surface area contributed by atoms with E-state index in [2.05, 4.69) is 15.3 Å². The van der Waals surface area contributed by atoms with Crippen molar-refractivity contribution in [1.82, 2.24) is 15.3 Å². The maximum atomic E-state index is 12.0. The Bertz CT molecular complexity index is 582. The monoisotopic (exact) mass is 276 g/mol. The zero-order valence-corrected chi connectivity index (χ0v) is 11.7. The van der Waals surface area contributed by atoms with Crippen molar-refractivity contribution in [2.45, 2.75) is 26.3 Å². The third-order valence-corrected chi connectivity index (χ3v) is 3.41. The van der Waals surface area contributed by atoms with Gasteiger partial charge in [-0.3, -0.25) is 9.78 Å². The molecule has 1 amide bonds. The third-order valence-electron chi connectivity index (χ3n) is 2.74. The number of thiazole rings is 1. The Balaban J connectivity index is 2.13. The van der Waals surface area contributed by atoms with Crippen molar-refractivity contribution in [2.24, 2.45) is 0 Å². The number of hydrogen-bond donors (Lipinski definition) is 2. The van der Waals surface area contributed by atoms with Gasteiger partial charge in [-0.15, -0.1) is 11.3 Å². The number of aryl methyl sites for hydroxylation is 1. The fourth-order valence-electron chi connectivity index (χ4n) is 1.77. The molecule has 0 spiro atoms. The number of carbonyl (C=O) groups excluding carboxylic acids is 1. The van der Waals surface area contributed by atoms with Crippen LogP contribution in [0, 0.1) is 6.92 Å². The van der Waals surface area contributed by atoms with Gasteiger partial charge in [-0.25, -0.2) is 4.98 Å². The van der Waals surface area contributed by atoms with Crippen LogP contribution < -0.4 is 11.1 Å². The van der Waals surface area contributed by atoms with Gasteiger partial charge in [0, 0.05) is 11.1 Å². The van der Waals surface area contributed by atoms with Crippen LogP contribution in [0.1, 0.15) is 41.3 Å². The van der Waals surface area contributed by atoms with E-state index in [0.29, 0.717) is 10.8 Å². The van der Waals surface area contributed by atoms with E-state index in [1.807, 2.05) is 32.0 Å². The van der Waals surface area contributed by atoms with Crippen LogP contribution in [0.15, 0.2) is 23.6 Å². The number of nitrogens with one attached hydrogen (secondary N) is 1. The first-order chi connectivity index (χ1) is 9.10. The average Bonchev–Trinajstić information content (AvgIpc) is 2.82. The minimum atomic E-state index is -0.219. The summed E-state index contributed by atoms with van der Waals surface area (Å²) in [5.74, 6) is -0.219. The van der Waals surface area contributed by atoms with Crippen molar-refractivity contribution in [1.29, 1.82) is 0 Å². The molecule has 1 atom stereocenters. The first-order valence-electron chi connectivity index (χ1n) is 6.05. The van der Waals surface area contributed by atoms with Crippen LogP contribution in [0.3, 0.4) is 0 Å². The van der Waals surface area contributed by atoms with Crippen LogP contribution in [0.2, 0.25) is 0 Å². The first kappa shape index (κ1) is 13.5. The lowest BCUT2D eigenvalue weighted by atomic mass is 10.1. The summed E-state index contributed by atoms with van der Waals surface area (Å²) in [4.78, 5) is 20.4. The lowest BCUT2D eigenvalue weighted by Crippen LogP contribution is -2.29. The summed E-state index contributed by atoms with van der Waals surface area (Å²) >= 11 is 1.26. The summed E-state index contributed by atoms with van der Waals surface area (Å²) in [6, 6.07) is 5.67. The fraction of sp³-hybridized carbons (Fsp3) is 0.308. The third kappa shape index (κ3) is 3.29. The minimum absolute atomic E-state index is 0.115. The van der Waals surface area contributed by atoms with Crippen molar-refractivity contribution in [2.75, 3.05) is 5.73 Å². The van der Waals surface area contributed by atoms with Gasteiger partial charge < -0.3 is 11.1 Å². The Morgan fingerprint density at radius 3 is 2.84 bits per heavy atom. The molecule has 0 aliphatic carbocycles. The Morgan fingerprint density at radius 2 is 2.26 bits per heavy atom. The number of nitrogens with two attached hydrogens (primary N) is 1. The van der Waals surface area contributed by atoms with Crippen molar-refractivity contribution in [3.8, 4) is 0 Å². The molecule has 0 saturated carbocycles. The van der Waals surface area contributed by atoms with Crippen molar-refractivity contribution in [3.05, 3.63) is 40.7 Å². The Kier molecular flexibility index (Phi) is 4.11. The summed E-state index contributed by atoms with van der Waals surface area (Å²) in [7, 11) is 0. The van der Waals surface area contributed by atoms with Crippen LogP contribution in [-0.4, -0.2) is 15.9 Å². The lowest BCUT2D eigenvalue weighted by molar-refractivity contribution is 0.0930. The predicted molar refractivity (Wildman–Crippen MR) is 76.0 cm³/mol. The highest BCUT2D eigenvalue weighted by Crippen LogP contribution is 2.17. The number of amides is 1. The maximum absolute atomic E-state index is 12.0. The minimum Gasteiger partial charge on any atom is -0.375 e. The lowest BCUT2D eigenvalue weighted by Gasteiger charge is -2.16. The smallest absolute Gasteiger partial charge is 0.271 e. The summed E-state index contributed by atoms with van der Waals surface area (Å²) < 4.78 is 0. The maximum Gasteiger partial charge on any atom is 0.271 e. The average molecular weight is 276 g/mol. The highest BCUT2D eigenvalue weighted by atomic mass is 32.1. The predicted octanol–water partition coefficient (Wildman–Crippen LogP) is 2.31.